The predicted octanol–water partition coefficient (Wildman–Crippen LogP) is 5.16. The number of nitrogens with one attached hydrogen (secondary N) is 1. The van der Waals surface area contributed by atoms with Gasteiger partial charge in [0.15, 0.2) is 5.78 Å². The Morgan fingerprint density at radius 2 is 1.58 bits per heavy atom. The van der Waals surface area contributed by atoms with Gasteiger partial charge in [-0.2, -0.15) is 0 Å². The Labute approximate surface area is 178 Å². The molecule has 0 fully saturated rings. The Kier molecular flexibility index (Phi) is 5.01. The summed E-state index contributed by atoms with van der Waals surface area (Å²) in [5, 5.41) is 4.51. The maximum absolute atomic E-state index is 12.7. The minimum atomic E-state index is -0.542. The predicted molar refractivity (Wildman–Crippen MR) is 120 cm³/mol. The van der Waals surface area contributed by atoms with Crippen molar-refractivity contribution in [1.82, 2.24) is 0 Å². The zero-order chi connectivity index (χ0) is 22.4. The quantitative estimate of drug-likeness (QED) is 0.366. The zero-order valence-corrected chi connectivity index (χ0v) is 18.1. The van der Waals surface area contributed by atoms with Gasteiger partial charge in [-0.3, -0.25) is 9.59 Å². The lowest BCUT2D eigenvalue weighted by Gasteiger charge is -2.11. The van der Waals surface area contributed by atoms with Crippen molar-refractivity contribution >= 4 is 39.3 Å². The van der Waals surface area contributed by atoms with Gasteiger partial charge in [-0.05, 0) is 63.9 Å². The first-order valence-electron chi connectivity index (χ1n) is 10.0. The molecule has 2 aromatic heterocycles. The van der Waals surface area contributed by atoms with E-state index in [-0.39, 0.29) is 18.1 Å². The van der Waals surface area contributed by atoms with E-state index in [1.165, 1.54) is 6.92 Å². The SMILES string of the molecule is CC(=O)c1cccc(NC(=O)Cc2c(C)c3cc4c(C)c(C)oc4c(C)c3oc2=O)c1. The molecule has 0 aliphatic rings. The van der Waals surface area contributed by atoms with Crippen LogP contribution in [-0.2, 0) is 11.2 Å². The van der Waals surface area contributed by atoms with Crippen LogP contribution in [0.3, 0.4) is 0 Å². The van der Waals surface area contributed by atoms with Crippen LogP contribution in [0.2, 0.25) is 0 Å². The summed E-state index contributed by atoms with van der Waals surface area (Å²) in [6, 6.07) is 8.65. The molecule has 0 aliphatic carbocycles. The number of anilines is 1. The molecule has 158 valence electrons. The summed E-state index contributed by atoms with van der Waals surface area (Å²) in [4.78, 5) is 36.9. The number of carbonyl (C=O) groups is 2. The van der Waals surface area contributed by atoms with Crippen molar-refractivity contribution < 1.29 is 18.4 Å². The highest BCUT2D eigenvalue weighted by atomic mass is 16.4. The molecule has 2 aromatic carbocycles. The van der Waals surface area contributed by atoms with Crippen LogP contribution >= 0.6 is 0 Å². The number of ketones is 1. The molecule has 4 rings (SSSR count). The van der Waals surface area contributed by atoms with Gasteiger partial charge >= 0.3 is 5.63 Å². The molecule has 0 saturated carbocycles. The van der Waals surface area contributed by atoms with Crippen LogP contribution in [0, 0.1) is 27.7 Å². The number of hydrogen-bond acceptors (Lipinski definition) is 5. The molecule has 2 heterocycles. The molecule has 0 bridgehead atoms. The highest BCUT2D eigenvalue weighted by molar-refractivity contribution is 6.01. The molecule has 0 unspecified atom stereocenters. The second kappa shape index (κ2) is 7.54. The van der Waals surface area contributed by atoms with E-state index in [0.717, 1.165) is 27.7 Å². The van der Waals surface area contributed by atoms with E-state index >= 15 is 0 Å². The van der Waals surface area contributed by atoms with Gasteiger partial charge in [-0.15, -0.1) is 0 Å². The van der Waals surface area contributed by atoms with Gasteiger partial charge in [-0.1, -0.05) is 12.1 Å². The van der Waals surface area contributed by atoms with Crippen molar-refractivity contribution in [3.05, 3.63) is 74.3 Å². The largest absolute Gasteiger partial charge is 0.461 e. The van der Waals surface area contributed by atoms with Crippen molar-refractivity contribution in [3.63, 3.8) is 0 Å². The fourth-order valence-corrected chi connectivity index (χ4v) is 3.88. The maximum atomic E-state index is 12.7. The fraction of sp³-hybridized carbons (Fsp3) is 0.240. The summed E-state index contributed by atoms with van der Waals surface area (Å²) in [6.07, 6.45) is -0.130. The number of Topliss-reactive ketones (excluding diaryl/α,β-unsaturated/α-hetero) is 1. The first-order valence-corrected chi connectivity index (χ1v) is 10.0. The number of rotatable bonds is 4. The van der Waals surface area contributed by atoms with Gasteiger partial charge in [-0.25, -0.2) is 4.79 Å². The van der Waals surface area contributed by atoms with Crippen LogP contribution in [0.1, 0.15) is 45.3 Å². The monoisotopic (exact) mass is 417 g/mol. The van der Waals surface area contributed by atoms with Crippen LogP contribution in [-0.4, -0.2) is 11.7 Å². The van der Waals surface area contributed by atoms with E-state index in [4.69, 9.17) is 8.83 Å². The molecule has 0 aliphatic heterocycles. The van der Waals surface area contributed by atoms with Gasteiger partial charge < -0.3 is 14.2 Å². The molecular weight excluding hydrogens is 394 g/mol. The number of carbonyl (C=O) groups excluding carboxylic acids is 2. The van der Waals surface area contributed by atoms with E-state index < -0.39 is 5.63 Å². The standard InChI is InChI=1S/C25H23NO5/c1-12-16(5)30-23-14(3)24-20(10-19(12)23)13(2)21(25(29)31-24)11-22(28)26-18-8-6-7-17(9-18)15(4)27/h6-10H,11H2,1-5H3,(H,26,28). The first-order chi connectivity index (χ1) is 14.7. The number of aryl methyl sites for hydroxylation is 4. The number of furan rings is 1. The van der Waals surface area contributed by atoms with E-state index in [0.29, 0.717) is 33.5 Å². The number of hydrogen-bond donors (Lipinski definition) is 1. The second-order valence-corrected chi connectivity index (χ2v) is 7.89. The molecule has 6 nitrogen and oxygen atoms in total. The first kappa shape index (κ1) is 20.6. The number of fused-ring (bicyclic) bond motifs is 2. The Morgan fingerprint density at radius 1 is 0.903 bits per heavy atom. The zero-order valence-electron chi connectivity index (χ0n) is 18.1. The Bertz CT molecular complexity index is 1440. The summed E-state index contributed by atoms with van der Waals surface area (Å²) in [7, 11) is 0. The molecule has 1 amide bonds. The molecule has 6 heteroatoms. The summed E-state index contributed by atoms with van der Waals surface area (Å²) in [6.45, 7) is 9.05. The van der Waals surface area contributed by atoms with Crippen molar-refractivity contribution in [1.29, 1.82) is 0 Å². The lowest BCUT2D eigenvalue weighted by Crippen LogP contribution is -2.21. The minimum Gasteiger partial charge on any atom is -0.461 e. The summed E-state index contributed by atoms with van der Waals surface area (Å²) in [5.74, 6) is 0.373. The molecular formula is C25H23NO5. The highest BCUT2D eigenvalue weighted by Gasteiger charge is 2.20. The molecule has 0 saturated heterocycles. The Balaban J connectivity index is 1.74. The lowest BCUT2D eigenvalue weighted by molar-refractivity contribution is -0.115. The van der Waals surface area contributed by atoms with Crippen molar-refractivity contribution in [3.8, 4) is 0 Å². The van der Waals surface area contributed by atoms with Crippen LogP contribution < -0.4 is 10.9 Å². The van der Waals surface area contributed by atoms with E-state index in [9.17, 15) is 14.4 Å². The van der Waals surface area contributed by atoms with Crippen LogP contribution in [0.4, 0.5) is 5.69 Å². The minimum absolute atomic E-state index is 0.0893. The van der Waals surface area contributed by atoms with Crippen molar-refractivity contribution in [2.24, 2.45) is 0 Å². The van der Waals surface area contributed by atoms with Crippen LogP contribution in [0.25, 0.3) is 21.9 Å². The van der Waals surface area contributed by atoms with Crippen molar-refractivity contribution in [2.75, 3.05) is 5.32 Å². The maximum Gasteiger partial charge on any atom is 0.340 e. The molecule has 1 N–H and O–H groups in total. The van der Waals surface area contributed by atoms with Gasteiger partial charge in [0.2, 0.25) is 5.91 Å². The third-order valence-corrected chi connectivity index (χ3v) is 5.83. The smallest absolute Gasteiger partial charge is 0.340 e. The van der Waals surface area contributed by atoms with Gasteiger partial charge in [0.05, 0.1) is 12.0 Å². The Morgan fingerprint density at radius 3 is 2.29 bits per heavy atom. The van der Waals surface area contributed by atoms with Gasteiger partial charge in [0.25, 0.3) is 0 Å². The topological polar surface area (TPSA) is 89.5 Å². The summed E-state index contributed by atoms with van der Waals surface area (Å²) < 4.78 is 11.5. The van der Waals surface area contributed by atoms with Gasteiger partial charge in [0.1, 0.15) is 16.9 Å². The molecule has 31 heavy (non-hydrogen) atoms. The third-order valence-electron chi connectivity index (χ3n) is 5.83. The molecule has 0 atom stereocenters. The number of amides is 1. The van der Waals surface area contributed by atoms with E-state index in [1.807, 2.05) is 33.8 Å². The average Bonchev–Trinajstić information content (AvgIpc) is 3.01. The summed E-state index contributed by atoms with van der Waals surface area (Å²) >= 11 is 0. The lowest BCUT2D eigenvalue weighted by atomic mass is 9.98. The van der Waals surface area contributed by atoms with Crippen molar-refractivity contribution in [2.45, 2.75) is 41.0 Å². The van der Waals surface area contributed by atoms with Gasteiger partial charge in [0, 0.05) is 27.6 Å². The summed E-state index contributed by atoms with van der Waals surface area (Å²) in [5.41, 5.74) is 4.47. The molecule has 0 spiro atoms. The third kappa shape index (κ3) is 3.54. The average molecular weight is 417 g/mol. The molecule has 4 aromatic rings. The van der Waals surface area contributed by atoms with Crippen LogP contribution in [0.15, 0.2) is 44.0 Å². The second-order valence-electron chi connectivity index (χ2n) is 7.89. The highest BCUT2D eigenvalue weighted by Crippen LogP contribution is 2.34. The fourth-order valence-electron chi connectivity index (χ4n) is 3.88. The van der Waals surface area contributed by atoms with Crippen LogP contribution in [0.5, 0.6) is 0 Å². The normalized spacial score (nSPS) is 11.3. The Hall–Kier alpha value is -3.67. The van der Waals surface area contributed by atoms with E-state index in [1.54, 1.807) is 24.3 Å². The molecule has 0 radical (unpaired) electrons. The van der Waals surface area contributed by atoms with E-state index in [2.05, 4.69) is 5.32 Å². The number of benzene rings is 2.